The first-order valence-electron chi connectivity index (χ1n) is 7.19. The first-order chi connectivity index (χ1) is 10.5. The lowest BCUT2D eigenvalue weighted by molar-refractivity contribution is -0.121. The number of benzene rings is 1. The maximum absolute atomic E-state index is 12.2. The van der Waals surface area contributed by atoms with Crippen LogP contribution in [0, 0.1) is 0 Å². The molecule has 2 heterocycles. The maximum atomic E-state index is 12.2. The van der Waals surface area contributed by atoms with Crippen molar-refractivity contribution in [1.82, 2.24) is 10.3 Å². The molecule has 0 saturated heterocycles. The number of nitrogens with one attached hydrogen (secondary N) is 3. The summed E-state index contributed by atoms with van der Waals surface area (Å²) in [5, 5.41) is 16.9. The number of anilines is 1. The van der Waals surface area contributed by atoms with E-state index >= 15 is 0 Å². The molecule has 0 aliphatic carbocycles. The normalized spacial score (nSPS) is 18.0. The van der Waals surface area contributed by atoms with Gasteiger partial charge in [-0.15, -0.1) is 0 Å². The fourth-order valence-electron chi connectivity index (χ4n) is 2.99. The standard InChI is InChI=1S/C15H17Cl2N3O2/c1-7-11-9(2-3-19-15(7)22)20-14-12(11)10(18-4-5-21)6-8(16)13(14)17/h6-7,18,20-21H,2-5H2,1H3,(H,19,22). The van der Waals surface area contributed by atoms with Gasteiger partial charge < -0.3 is 20.7 Å². The summed E-state index contributed by atoms with van der Waals surface area (Å²) in [4.78, 5) is 15.5. The molecule has 7 heteroatoms. The largest absolute Gasteiger partial charge is 0.395 e. The number of fused-ring (bicyclic) bond motifs is 3. The first-order valence-corrected chi connectivity index (χ1v) is 7.95. The molecule has 1 aromatic heterocycles. The van der Waals surface area contributed by atoms with Crippen LogP contribution in [0.5, 0.6) is 0 Å². The molecule has 4 N–H and O–H groups in total. The van der Waals surface area contributed by atoms with Crippen molar-refractivity contribution in [1.29, 1.82) is 0 Å². The fraction of sp³-hybridized carbons (Fsp3) is 0.400. The van der Waals surface area contributed by atoms with E-state index in [1.807, 2.05) is 6.92 Å². The van der Waals surface area contributed by atoms with Gasteiger partial charge in [0, 0.05) is 36.3 Å². The van der Waals surface area contributed by atoms with Crippen LogP contribution < -0.4 is 10.6 Å². The lowest BCUT2D eigenvalue weighted by Gasteiger charge is -2.13. The Morgan fingerprint density at radius 2 is 2.23 bits per heavy atom. The summed E-state index contributed by atoms with van der Waals surface area (Å²) in [5.41, 5.74) is 3.46. The Balaban J connectivity index is 2.29. The van der Waals surface area contributed by atoms with Crippen molar-refractivity contribution in [2.75, 3.05) is 25.0 Å². The van der Waals surface area contributed by atoms with Gasteiger partial charge in [0.15, 0.2) is 0 Å². The SMILES string of the molecule is CC1C(=O)NCCc2[nH]c3c(Cl)c(Cl)cc(NCCO)c3c21. The van der Waals surface area contributed by atoms with Crippen LogP contribution in [0.3, 0.4) is 0 Å². The second-order valence-corrected chi connectivity index (χ2v) is 6.19. The third kappa shape index (κ3) is 2.43. The number of rotatable bonds is 3. The van der Waals surface area contributed by atoms with E-state index < -0.39 is 0 Å². The van der Waals surface area contributed by atoms with Gasteiger partial charge in [0.2, 0.25) is 5.91 Å². The number of halogens is 2. The van der Waals surface area contributed by atoms with Gasteiger partial charge in [-0.3, -0.25) is 4.79 Å². The lowest BCUT2D eigenvalue weighted by Crippen LogP contribution is -2.26. The molecule has 1 aromatic carbocycles. The van der Waals surface area contributed by atoms with Crippen LogP contribution in [0.4, 0.5) is 5.69 Å². The number of aliphatic hydroxyl groups is 1. The minimum Gasteiger partial charge on any atom is -0.395 e. The highest BCUT2D eigenvalue weighted by Gasteiger charge is 2.28. The minimum absolute atomic E-state index is 0.00108. The van der Waals surface area contributed by atoms with E-state index in [-0.39, 0.29) is 18.4 Å². The Hall–Kier alpha value is -1.43. The second kappa shape index (κ2) is 5.99. The highest BCUT2D eigenvalue weighted by molar-refractivity contribution is 6.45. The third-order valence-electron chi connectivity index (χ3n) is 4.02. The van der Waals surface area contributed by atoms with Gasteiger partial charge in [-0.1, -0.05) is 23.2 Å². The van der Waals surface area contributed by atoms with Crippen molar-refractivity contribution in [3.63, 3.8) is 0 Å². The minimum atomic E-state index is -0.279. The molecule has 1 amide bonds. The smallest absolute Gasteiger partial charge is 0.227 e. The van der Waals surface area contributed by atoms with Crippen LogP contribution in [-0.2, 0) is 11.2 Å². The van der Waals surface area contributed by atoms with Crippen molar-refractivity contribution < 1.29 is 9.90 Å². The summed E-state index contributed by atoms with van der Waals surface area (Å²) in [7, 11) is 0. The van der Waals surface area contributed by atoms with E-state index in [0.29, 0.717) is 29.6 Å². The topological polar surface area (TPSA) is 77.2 Å². The van der Waals surface area contributed by atoms with Crippen LogP contribution in [0.1, 0.15) is 24.1 Å². The molecule has 0 radical (unpaired) electrons. The van der Waals surface area contributed by atoms with Crippen molar-refractivity contribution in [3.8, 4) is 0 Å². The highest BCUT2D eigenvalue weighted by atomic mass is 35.5. The molecule has 0 saturated carbocycles. The maximum Gasteiger partial charge on any atom is 0.227 e. The van der Waals surface area contributed by atoms with Crippen molar-refractivity contribution in [2.45, 2.75) is 19.3 Å². The number of aromatic amines is 1. The molecule has 0 bridgehead atoms. The molecule has 5 nitrogen and oxygen atoms in total. The monoisotopic (exact) mass is 341 g/mol. The molecular weight excluding hydrogens is 325 g/mol. The fourth-order valence-corrected chi connectivity index (χ4v) is 3.39. The van der Waals surface area contributed by atoms with E-state index in [1.165, 1.54) is 0 Å². The molecule has 1 aliphatic heterocycles. The number of aliphatic hydroxyl groups excluding tert-OH is 1. The molecule has 22 heavy (non-hydrogen) atoms. The zero-order valence-corrected chi connectivity index (χ0v) is 13.6. The van der Waals surface area contributed by atoms with Crippen LogP contribution in [0.25, 0.3) is 10.9 Å². The van der Waals surface area contributed by atoms with Gasteiger partial charge in [0.05, 0.1) is 28.1 Å². The van der Waals surface area contributed by atoms with Crippen molar-refractivity contribution in [3.05, 3.63) is 27.4 Å². The molecule has 3 rings (SSSR count). The van der Waals surface area contributed by atoms with E-state index in [1.54, 1.807) is 6.07 Å². The zero-order chi connectivity index (χ0) is 15.9. The van der Waals surface area contributed by atoms with E-state index in [9.17, 15) is 4.79 Å². The number of hydrogen-bond donors (Lipinski definition) is 4. The van der Waals surface area contributed by atoms with Gasteiger partial charge >= 0.3 is 0 Å². The Bertz CT molecular complexity index is 742. The molecule has 1 aliphatic rings. The molecule has 2 aromatic rings. The van der Waals surface area contributed by atoms with Crippen molar-refractivity contribution >= 4 is 45.7 Å². The van der Waals surface area contributed by atoms with Gasteiger partial charge in [-0.25, -0.2) is 0 Å². The Morgan fingerprint density at radius 1 is 1.45 bits per heavy atom. The van der Waals surface area contributed by atoms with E-state index in [4.69, 9.17) is 28.3 Å². The number of hydrogen-bond acceptors (Lipinski definition) is 3. The predicted molar refractivity (Wildman–Crippen MR) is 89.0 cm³/mol. The Labute approximate surface area is 138 Å². The zero-order valence-electron chi connectivity index (χ0n) is 12.1. The molecule has 0 spiro atoms. The van der Waals surface area contributed by atoms with Crippen LogP contribution in [-0.4, -0.2) is 35.7 Å². The van der Waals surface area contributed by atoms with Gasteiger partial charge in [-0.05, 0) is 18.6 Å². The average Bonchev–Trinajstić information content (AvgIpc) is 2.82. The average molecular weight is 342 g/mol. The Morgan fingerprint density at radius 3 is 2.95 bits per heavy atom. The molecule has 0 fully saturated rings. The summed E-state index contributed by atoms with van der Waals surface area (Å²) in [6.45, 7) is 2.87. The number of H-pyrrole nitrogens is 1. The third-order valence-corrected chi connectivity index (χ3v) is 4.81. The summed E-state index contributed by atoms with van der Waals surface area (Å²) in [6, 6.07) is 1.74. The molecule has 1 atom stereocenters. The van der Waals surface area contributed by atoms with Crippen LogP contribution in [0.2, 0.25) is 10.0 Å². The lowest BCUT2D eigenvalue weighted by atomic mass is 9.96. The number of aromatic nitrogens is 1. The predicted octanol–water partition coefficient (Wildman–Crippen LogP) is 2.65. The quantitative estimate of drug-likeness (QED) is 0.693. The summed E-state index contributed by atoms with van der Waals surface area (Å²) < 4.78 is 0. The van der Waals surface area contributed by atoms with Crippen molar-refractivity contribution in [2.24, 2.45) is 0 Å². The van der Waals surface area contributed by atoms with Gasteiger partial charge in [-0.2, -0.15) is 0 Å². The van der Waals surface area contributed by atoms with E-state index in [2.05, 4.69) is 15.6 Å². The Kier molecular flexibility index (Phi) is 4.21. The van der Waals surface area contributed by atoms with Crippen LogP contribution >= 0.6 is 23.2 Å². The summed E-state index contributed by atoms with van der Waals surface area (Å²) >= 11 is 12.5. The first kappa shape index (κ1) is 15.5. The van der Waals surface area contributed by atoms with E-state index in [0.717, 1.165) is 27.8 Å². The molecule has 1 unspecified atom stereocenters. The summed E-state index contributed by atoms with van der Waals surface area (Å²) in [5.74, 6) is -0.281. The number of carbonyl (C=O) groups excluding carboxylic acids is 1. The number of amides is 1. The van der Waals surface area contributed by atoms with Gasteiger partial charge in [0.25, 0.3) is 0 Å². The second-order valence-electron chi connectivity index (χ2n) is 5.40. The van der Waals surface area contributed by atoms with Crippen LogP contribution in [0.15, 0.2) is 6.07 Å². The summed E-state index contributed by atoms with van der Waals surface area (Å²) in [6.07, 6.45) is 0.716. The molecule has 118 valence electrons. The highest BCUT2D eigenvalue weighted by Crippen LogP contribution is 2.42. The number of carbonyl (C=O) groups is 1. The van der Waals surface area contributed by atoms with Gasteiger partial charge in [0.1, 0.15) is 0 Å². The molecular formula is C15H17Cl2N3O2.